The fourth-order valence-electron chi connectivity index (χ4n) is 4.58. The number of thiazole rings is 1. The maximum atomic E-state index is 13.5. The molecule has 9 heteroatoms. The van der Waals surface area contributed by atoms with E-state index in [1.54, 1.807) is 37.6 Å². The zero-order chi connectivity index (χ0) is 21.6. The zero-order valence-electron chi connectivity index (χ0n) is 17.7. The third-order valence-electron chi connectivity index (χ3n) is 6.28. The number of nitrogens with zero attached hydrogens (tertiary/aromatic N) is 6. The molecule has 162 valence electrons. The average molecular weight is 439 g/mol. The third kappa shape index (κ3) is 3.72. The minimum absolute atomic E-state index is 0.00881. The number of para-hydroxylation sites is 1. The summed E-state index contributed by atoms with van der Waals surface area (Å²) in [6, 6.07) is 7.73. The first-order chi connectivity index (χ1) is 14.9. The van der Waals surface area contributed by atoms with Crippen LogP contribution in [0.2, 0.25) is 0 Å². The van der Waals surface area contributed by atoms with Gasteiger partial charge in [0.05, 0.1) is 35.4 Å². The number of likely N-dealkylation sites (tertiary alicyclic amines) is 1. The van der Waals surface area contributed by atoms with Gasteiger partial charge >= 0.3 is 0 Å². The maximum Gasteiger partial charge on any atom is 0.256 e. The van der Waals surface area contributed by atoms with E-state index in [0.29, 0.717) is 29.4 Å². The van der Waals surface area contributed by atoms with E-state index in [0.717, 1.165) is 31.1 Å². The van der Waals surface area contributed by atoms with E-state index in [-0.39, 0.29) is 11.9 Å². The van der Waals surface area contributed by atoms with Crippen molar-refractivity contribution in [2.24, 2.45) is 5.92 Å². The second-order valence-corrected chi connectivity index (χ2v) is 9.60. The van der Waals surface area contributed by atoms with Crippen molar-refractivity contribution in [3.8, 4) is 5.69 Å². The monoisotopic (exact) mass is 438 g/mol. The molecule has 5 rings (SSSR count). The van der Waals surface area contributed by atoms with Crippen molar-refractivity contribution in [1.29, 1.82) is 0 Å². The third-order valence-corrected chi connectivity index (χ3v) is 7.16. The molecule has 2 fully saturated rings. The predicted molar refractivity (Wildman–Crippen MR) is 118 cm³/mol. The Balaban J connectivity index is 1.38. The molecular formula is C22H26N6O2S. The summed E-state index contributed by atoms with van der Waals surface area (Å²) in [5, 5.41) is 21.5. The van der Waals surface area contributed by atoms with Gasteiger partial charge in [-0.3, -0.25) is 4.79 Å². The summed E-state index contributed by atoms with van der Waals surface area (Å²) >= 11 is 1.57. The minimum Gasteiger partial charge on any atom is -0.384 e. The van der Waals surface area contributed by atoms with Crippen molar-refractivity contribution in [2.75, 3.05) is 24.5 Å². The van der Waals surface area contributed by atoms with Gasteiger partial charge in [-0.15, -0.1) is 11.3 Å². The smallest absolute Gasteiger partial charge is 0.256 e. The lowest BCUT2D eigenvalue weighted by molar-refractivity contribution is 0.0678. The average Bonchev–Trinajstić information content (AvgIpc) is 3.52. The van der Waals surface area contributed by atoms with E-state index in [1.807, 2.05) is 34.5 Å². The number of carbonyl (C=O) groups excluding carboxylic acids is 1. The molecular weight excluding hydrogens is 412 g/mol. The van der Waals surface area contributed by atoms with Gasteiger partial charge in [-0.25, -0.2) is 4.98 Å². The van der Waals surface area contributed by atoms with Gasteiger partial charge in [0, 0.05) is 25.0 Å². The highest BCUT2D eigenvalue weighted by Crippen LogP contribution is 2.38. The van der Waals surface area contributed by atoms with Gasteiger partial charge < -0.3 is 14.9 Å². The molecule has 0 radical (unpaired) electrons. The molecule has 1 aromatic carbocycles. The molecule has 2 aliphatic rings. The van der Waals surface area contributed by atoms with Gasteiger partial charge in [0.15, 0.2) is 5.13 Å². The van der Waals surface area contributed by atoms with E-state index in [1.165, 1.54) is 4.80 Å². The summed E-state index contributed by atoms with van der Waals surface area (Å²) in [7, 11) is 0. The molecule has 2 atom stereocenters. The number of fused-ring (bicyclic) bond motifs is 1. The molecule has 0 aliphatic carbocycles. The summed E-state index contributed by atoms with van der Waals surface area (Å²) in [6.07, 6.45) is 5.31. The van der Waals surface area contributed by atoms with E-state index in [2.05, 4.69) is 15.1 Å². The number of aliphatic hydroxyl groups is 1. The van der Waals surface area contributed by atoms with Gasteiger partial charge in [-0.1, -0.05) is 12.1 Å². The number of amides is 1. The number of anilines is 1. The molecule has 0 spiro atoms. The van der Waals surface area contributed by atoms with Crippen LogP contribution in [0.15, 0.2) is 42.0 Å². The molecule has 3 aromatic rings. The Hall–Kier alpha value is -2.78. The topological polar surface area (TPSA) is 87.4 Å². The van der Waals surface area contributed by atoms with Crippen LogP contribution < -0.4 is 4.90 Å². The van der Waals surface area contributed by atoms with Gasteiger partial charge in [0.1, 0.15) is 5.60 Å². The predicted octanol–water partition coefficient (Wildman–Crippen LogP) is 2.69. The molecule has 1 amide bonds. The van der Waals surface area contributed by atoms with Crippen molar-refractivity contribution in [3.63, 3.8) is 0 Å². The molecule has 0 bridgehead atoms. The van der Waals surface area contributed by atoms with Crippen LogP contribution in [0.1, 0.15) is 42.7 Å². The van der Waals surface area contributed by atoms with Crippen LogP contribution in [-0.2, 0) is 5.60 Å². The fourth-order valence-corrected chi connectivity index (χ4v) is 5.65. The van der Waals surface area contributed by atoms with Gasteiger partial charge in [-0.05, 0) is 44.7 Å². The lowest BCUT2D eigenvalue weighted by Gasteiger charge is -2.38. The molecule has 2 saturated heterocycles. The van der Waals surface area contributed by atoms with Crippen LogP contribution in [0.3, 0.4) is 0 Å². The number of carbonyl (C=O) groups is 1. The van der Waals surface area contributed by atoms with Gasteiger partial charge in [0.2, 0.25) is 0 Å². The first-order valence-corrected chi connectivity index (χ1v) is 11.5. The summed E-state index contributed by atoms with van der Waals surface area (Å²) in [6.45, 7) is 5.87. The Morgan fingerprint density at radius 1 is 1.16 bits per heavy atom. The van der Waals surface area contributed by atoms with Crippen LogP contribution in [0.5, 0.6) is 0 Å². The molecule has 2 aromatic heterocycles. The number of aromatic nitrogens is 4. The zero-order valence-corrected chi connectivity index (χ0v) is 18.5. The second-order valence-electron chi connectivity index (χ2n) is 8.76. The molecule has 31 heavy (non-hydrogen) atoms. The Morgan fingerprint density at radius 3 is 2.65 bits per heavy atom. The molecule has 0 saturated carbocycles. The molecule has 0 unspecified atom stereocenters. The van der Waals surface area contributed by atoms with Crippen molar-refractivity contribution in [1.82, 2.24) is 24.9 Å². The first kappa shape index (κ1) is 20.1. The number of piperidine rings is 1. The number of hydrogen-bond acceptors (Lipinski definition) is 7. The Kier molecular flexibility index (Phi) is 5.02. The van der Waals surface area contributed by atoms with Crippen molar-refractivity contribution in [3.05, 3.63) is 53.3 Å². The molecule has 1 N–H and O–H groups in total. The lowest BCUT2D eigenvalue weighted by atomic mass is 9.92. The second kappa shape index (κ2) is 7.72. The van der Waals surface area contributed by atoms with E-state index in [9.17, 15) is 9.90 Å². The highest BCUT2D eigenvalue weighted by molar-refractivity contribution is 7.13. The van der Waals surface area contributed by atoms with Crippen LogP contribution in [0.4, 0.5) is 5.13 Å². The van der Waals surface area contributed by atoms with Crippen molar-refractivity contribution >= 4 is 22.4 Å². The highest BCUT2D eigenvalue weighted by Gasteiger charge is 2.41. The van der Waals surface area contributed by atoms with E-state index >= 15 is 0 Å². The summed E-state index contributed by atoms with van der Waals surface area (Å²) in [5.74, 6) is 0.566. The standard InChI is InChI=1S/C22H26N6O2S/c1-22(2,30)19-14-31-21(25-19)27-12-8-15-7-11-26(13-18(15)27)20(29)16-5-3-4-6-17(16)28-23-9-10-24-28/h3-6,9-10,14-15,18,30H,7-8,11-13H2,1-2H3/t15-,18-/m0/s1. The quantitative estimate of drug-likeness (QED) is 0.674. The molecule has 4 heterocycles. The number of rotatable bonds is 4. The van der Waals surface area contributed by atoms with Crippen LogP contribution in [-0.4, -0.2) is 61.6 Å². The molecule has 8 nitrogen and oxygen atoms in total. The summed E-state index contributed by atoms with van der Waals surface area (Å²) in [4.78, 5) is 23.9. The Labute approximate surface area is 185 Å². The maximum absolute atomic E-state index is 13.5. The van der Waals surface area contributed by atoms with Crippen LogP contribution in [0.25, 0.3) is 5.69 Å². The van der Waals surface area contributed by atoms with Crippen LogP contribution in [0, 0.1) is 5.92 Å². The van der Waals surface area contributed by atoms with E-state index in [4.69, 9.17) is 4.98 Å². The largest absolute Gasteiger partial charge is 0.384 e. The van der Waals surface area contributed by atoms with Gasteiger partial charge in [-0.2, -0.15) is 15.0 Å². The fraction of sp³-hybridized carbons (Fsp3) is 0.455. The number of benzene rings is 1. The van der Waals surface area contributed by atoms with Crippen molar-refractivity contribution < 1.29 is 9.90 Å². The summed E-state index contributed by atoms with van der Waals surface area (Å²) < 4.78 is 0. The van der Waals surface area contributed by atoms with Crippen LogP contribution >= 0.6 is 11.3 Å². The summed E-state index contributed by atoms with van der Waals surface area (Å²) in [5.41, 5.74) is 1.05. The lowest BCUT2D eigenvalue weighted by Crippen LogP contribution is -2.50. The first-order valence-electron chi connectivity index (χ1n) is 10.6. The number of hydrogen-bond donors (Lipinski definition) is 1. The normalized spacial score (nSPS) is 21.4. The molecule has 2 aliphatic heterocycles. The highest BCUT2D eigenvalue weighted by atomic mass is 32.1. The Morgan fingerprint density at radius 2 is 1.90 bits per heavy atom. The minimum atomic E-state index is -0.952. The Bertz CT molecular complexity index is 1070. The van der Waals surface area contributed by atoms with E-state index < -0.39 is 5.60 Å². The van der Waals surface area contributed by atoms with Gasteiger partial charge in [0.25, 0.3) is 5.91 Å². The SMILES string of the molecule is CC(C)(O)c1csc(N2CC[C@@H]3CCN(C(=O)c4ccccc4-n4nccn4)C[C@@H]32)n1. The van der Waals surface area contributed by atoms with Crippen molar-refractivity contribution in [2.45, 2.75) is 38.3 Å².